The smallest absolute Gasteiger partial charge is 0.261 e. The third-order valence-electron chi connectivity index (χ3n) is 1.57. The number of nitrogens with one attached hydrogen (secondary N) is 2. The zero-order valence-electron chi connectivity index (χ0n) is 8.67. The van der Waals surface area contributed by atoms with Crippen LogP contribution in [-0.4, -0.2) is 40.7 Å². The molecule has 0 saturated heterocycles. The summed E-state index contributed by atoms with van der Waals surface area (Å²) in [4.78, 5) is 15.0. The van der Waals surface area contributed by atoms with Crippen molar-refractivity contribution in [3.8, 4) is 0 Å². The second-order valence-electron chi connectivity index (χ2n) is 3.01. The van der Waals surface area contributed by atoms with Crippen LogP contribution in [0.3, 0.4) is 0 Å². The van der Waals surface area contributed by atoms with Crippen LogP contribution in [0.15, 0.2) is 0 Å². The highest BCUT2D eigenvalue weighted by Gasteiger charge is 2.07. The monoisotopic (exact) mass is 234 g/mol. The first-order chi connectivity index (χ1) is 7.58. The standard InChI is InChI=1S/C8H12F2N4O2/c1-5-11-8(14-13-5)12-7(15)2-3-16-4-6(9)10/h6H,2-4H2,1H3,(H2,11,12,13,14,15). The van der Waals surface area contributed by atoms with Gasteiger partial charge in [-0.15, -0.1) is 5.10 Å². The molecule has 1 aromatic rings. The van der Waals surface area contributed by atoms with Crippen LogP contribution in [0, 0.1) is 6.92 Å². The van der Waals surface area contributed by atoms with E-state index in [-0.39, 0.29) is 24.9 Å². The Kier molecular flexibility index (Phi) is 4.77. The maximum absolute atomic E-state index is 11.7. The Bertz CT molecular complexity index is 343. The number of halogens is 2. The number of ether oxygens (including phenoxy) is 1. The van der Waals surface area contributed by atoms with Crippen molar-refractivity contribution >= 4 is 11.9 Å². The summed E-state index contributed by atoms with van der Waals surface area (Å²) in [5.41, 5.74) is 0. The molecule has 16 heavy (non-hydrogen) atoms. The molecule has 0 unspecified atom stereocenters. The van der Waals surface area contributed by atoms with E-state index in [1.165, 1.54) is 0 Å². The van der Waals surface area contributed by atoms with Crippen molar-refractivity contribution in [3.63, 3.8) is 0 Å². The van der Waals surface area contributed by atoms with Crippen molar-refractivity contribution in [1.29, 1.82) is 0 Å². The number of nitrogens with zero attached hydrogens (tertiary/aromatic N) is 2. The molecular weight excluding hydrogens is 222 g/mol. The summed E-state index contributed by atoms with van der Waals surface area (Å²) in [6.45, 7) is 0.973. The zero-order valence-corrected chi connectivity index (χ0v) is 8.67. The summed E-state index contributed by atoms with van der Waals surface area (Å²) in [5, 5.41) is 8.62. The topological polar surface area (TPSA) is 79.9 Å². The van der Waals surface area contributed by atoms with Crippen LogP contribution in [0.4, 0.5) is 14.7 Å². The quantitative estimate of drug-likeness (QED) is 0.711. The molecule has 2 N–H and O–H groups in total. The van der Waals surface area contributed by atoms with Gasteiger partial charge in [-0.2, -0.15) is 4.98 Å². The molecule has 0 fully saturated rings. The average Bonchev–Trinajstić information content (AvgIpc) is 2.58. The van der Waals surface area contributed by atoms with Gasteiger partial charge in [0.05, 0.1) is 13.0 Å². The third kappa shape index (κ3) is 4.78. The third-order valence-corrected chi connectivity index (χ3v) is 1.57. The molecule has 0 aromatic carbocycles. The lowest BCUT2D eigenvalue weighted by Gasteiger charge is -2.02. The number of carbonyl (C=O) groups excluding carboxylic acids is 1. The number of rotatable bonds is 6. The summed E-state index contributed by atoms with van der Waals surface area (Å²) < 4.78 is 27.9. The van der Waals surface area contributed by atoms with Crippen molar-refractivity contribution in [2.45, 2.75) is 19.8 Å². The van der Waals surface area contributed by atoms with Crippen molar-refractivity contribution in [2.24, 2.45) is 0 Å². The molecule has 0 spiro atoms. The van der Waals surface area contributed by atoms with Gasteiger partial charge in [0.2, 0.25) is 11.9 Å². The molecule has 8 heteroatoms. The highest BCUT2D eigenvalue weighted by Crippen LogP contribution is 1.98. The van der Waals surface area contributed by atoms with Crippen molar-refractivity contribution < 1.29 is 18.3 Å². The van der Waals surface area contributed by atoms with Gasteiger partial charge in [-0.25, -0.2) is 8.78 Å². The van der Waals surface area contributed by atoms with Gasteiger partial charge in [0.15, 0.2) is 0 Å². The fourth-order valence-corrected chi connectivity index (χ4v) is 0.923. The van der Waals surface area contributed by atoms with E-state index in [0.29, 0.717) is 5.82 Å². The van der Waals surface area contributed by atoms with Crippen LogP contribution in [0.5, 0.6) is 0 Å². The zero-order chi connectivity index (χ0) is 12.0. The summed E-state index contributed by atoms with van der Waals surface area (Å²) in [6, 6.07) is 0. The number of H-pyrrole nitrogens is 1. The Morgan fingerprint density at radius 3 is 2.94 bits per heavy atom. The number of alkyl halides is 2. The van der Waals surface area contributed by atoms with Crippen molar-refractivity contribution in [3.05, 3.63) is 5.82 Å². The Labute approximate surface area is 90.4 Å². The molecule has 1 aromatic heterocycles. The lowest BCUT2D eigenvalue weighted by atomic mass is 10.4. The SMILES string of the molecule is Cc1nc(NC(=O)CCOCC(F)F)n[nH]1. The number of hydrogen-bond donors (Lipinski definition) is 2. The van der Waals surface area contributed by atoms with Crippen LogP contribution in [0.2, 0.25) is 0 Å². The molecule has 0 aliphatic carbocycles. The first-order valence-corrected chi connectivity index (χ1v) is 4.62. The minimum Gasteiger partial charge on any atom is -0.375 e. The van der Waals surface area contributed by atoms with E-state index in [2.05, 4.69) is 25.2 Å². The maximum Gasteiger partial charge on any atom is 0.261 e. The summed E-state index contributed by atoms with van der Waals surface area (Å²) in [7, 11) is 0. The molecule has 0 radical (unpaired) electrons. The predicted molar refractivity (Wildman–Crippen MR) is 51.2 cm³/mol. The number of aromatic amines is 1. The lowest BCUT2D eigenvalue weighted by Crippen LogP contribution is -2.16. The second-order valence-corrected chi connectivity index (χ2v) is 3.01. The molecule has 0 atom stereocenters. The second kappa shape index (κ2) is 6.11. The van der Waals surface area contributed by atoms with Crippen LogP contribution < -0.4 is 5.32 Å². The first-order valence-electron chi connectivity index (χ1n) is 4.62. The Balaban J connectivity index is 2.16. The highest BCUT2D eigenvalue weighted by atomic mass is 19.3. The molecule has 6 nitrogen and oxygen atoms in total. The van der Waals surface area contributed by atoms with Crippen molar-refractivity contribution in [2.75, 3.05) is 18.5 Å². The maximum atomic E-state index is 11.7. The molecule has 1 amide bonds. The molecule has 0 aliphatic rings. The normalized spacial score (nSPS) is 10.8. The van der Waals surface area contributed by atoms with Crippen LogP contribution >= 0.6 is 0 Å². The molecule has 1 heterocycles. The Hall–Kier alpha value is -1.57. The Morgan fingerprint density at radius 2 is 2.38 bits per heavy atom. The van der Waals surface area contributed by atoms with E-state index in [4.69, 9.17) is 0 Å². The van der Waals surface area contributed by atoms with Gasteiger partial charge >= 0.3 is 0 Å². The molecule has 90 valence electrons. The average molecular weight is 234 g/mol. The summed E-state index contributed by atoms with van der Waals surface area (Å²) in [6.07, 6.45) is -2.53. The summed E-state index contributed by atoms with van der Waals surface area (Å²) >= 11 is 0. The first kappa shape index (κ1) is 12.5. The highest BCUT2D eigenvalue weighted by molar-refractivity contribution is 5.88. The number of amides is 1. The fourth-order valence-electron chi connectivity index (χ4n) is 0.923. The van der Waals surface area contributed by atoms with E-state index in [9.17, 15) is 13.6 Å². The van der Waals surface area contributed by atoms with E-state index in [1.807, 2.05) is 0 Å². The summed E-state index contributed by atoms with van der Waals surface area (Å²) in [5.74, 6) is 0.355. The van der Waals surface area contributed by atoms with Gasteiger partial charge in [-0.05, 0) is 6.92 Å². The van der Waals surface area contributed by atoms with E-state index in [1.54, 1.807) is 6.92 Å². The van der Waals surface area contributed by atoms with Crippen molar-refractivity contribution in [1.82, 2.24) is 15.2 Å². The van der Waals surface area contributed by atoms with E-state index < -0.39 is 13.0 Å². The van der Waals surface area contributed by atoms with Gasteiger partial charge < -0.3 is 4.74 Å². The Morgan fingerprint density at radius 1 is 1.62 bits per heavy atom. The van der Waals surface area contributed by atoms with Crippen LogP contribution in [-0.2, 0) is 9.53 Å². The number of carbonyl (C=O) groups is 1. The van der Waals surface area contributed by atoms with E-state index >= 15 is 0 Å². The van der Waals surface area contributed by atoms with Gasteiger partial charge in [0.1, 0.15) is 12.4 Å². The van der Waals surface area contributed by atoms with Crippen LogP contribution in [0.25, 0.3) is 0 Å². The van der Waals surface area contributed by atoms with Crippen LogP contribution in [0.1, 0.15) is 12.2 Å². The minimum absolute atomic E-state index is 0.0136. The molecule has 0 aliphatic heterocycles. The lowest BCUT2D eigenvalue weighted by molar-refractivity contribution is -0.117. The fraction of sp³-hybridized carbons (Fsp3) is 0.625. The largest absolute Gasteiger partial charge is 0.375 e. The number of anilines is 1. The number of aryl methyl sites for hydroxylation is 1. The predicted octanol–water partition coefficient (Wildman–Crippen LogP) is 0.723. The van der Waals surface area contributed by atoms with E-state index in [0.717, 1.165) is 0 Å². The van der Waals surface area contributed by atoms with Gasteiger partial charge in [0, 0.05) is 0 Å². The minimum atomic E-state index is -2.52. The van der Waals surface area contributed by atoms with Gasteiger partial charge in [-0.1, -0.05) is 0 Å². The molecular formula is C8H12F2N4O2. The molecule has 0 bridgehead atoms. The number of hydrogen-bond acceptors (Lipinski definition) is 4. The molecule has 0 saturated carbocycles. The van der Waals surface area contributed by atoms with Gasteiger partial charge in [-0.3, -0.25) is 15.2 Å². The molecule has 1 rings (SSSR count). The number of aromatic nitrogens is 3. The van der Waals surface area contributed by atoms with Gasteiger partial charge in [0.25, 0.3) is 6.43 Å².